The van der Waals surface area contributed by atoms with Gasteiger partial charge in [-0.2, -0.15) is 0 Å². The van der Waals surface area contributed by atoms with Gasteiger partial charge >= 0.3 is 0 Å². The largest absolute Gasteiger partial charge is 0.355 e. The smallest absolute Gasteiger partial charge is 0.147 e. The third-order valence-electron chi connectivity index (χ3n) is 5.63. The molecule has 5 heteroatoms. The number of allylic oxidation sites excluding steroid dienone is 1. The van der Waals surface area contributed by atoms with Gasteiger partial charge < -0.3 is 9.80 Å². The molecule has 4 rings (SSSR count). The molecular formula is C22H25Cl2N3. The number of piperidine rings is 1. The van der Waals surface area contributed by atoms with Crippen LogP contribution in [0.1, 0.15) is 25.7 Å². The summed E-state index contributed by atoms with van der Waals surface area (Å²) in [5.74, 6) is 2.18. The van der Waals surface area contributed by atoms with Crippen LogP contribution in [0.3, 0.4) is 0 Å². The van der Waals surface area contributed by atoms with Gasteiger partial charge in [0.2, 0.25) is 0 Å². The first kappa shape index (κ1) is 18.6. The third kappa shape index (κ3) is 4.41. The van der Waals surface area contributed by atoms with Crippen molar-refractivity contribution in [3.05, 3.63) is 64.9 Å². The highest BCUT2D eigenvalue weighted by Gasteiger charge is 2.30. The number of pyridine rings is 1. The summed E-state index contributed by atoms with van der Waals surface area (Å²) in [6.45, 7) is 7.48. The van der Waals surface area contributed by atoms with Crippen molar-refractivity contribution in [1.29, 1.82) is 0 Å². The Morgan fingerprint density at radius 1 is 1.07 bits per heavy atom. The highest BCUT2D eigenvalue weighted by atomic mass is 35.5. The van der Waals surface area contributed by atoms with Gasteiger partial charge in [-0.25, -0.2) is 4.98 Å². The zero-order valence-corrected chi connectivity index (χ0v) is 17.0. The Labute approximate surface area is 171 Å². The number of benzene rings is 1. The molecule has 1 aliphatic carbocycles. The Balaban J connectivity index is 1.44. The molecule has 2 heterocycles. The summed E-state index contributed by atoms with van der Waals surface area (Å²) >= 11 is 12.4. The second-order valence-electron chi connectivity index (χ2n) is 7.59. The van der Waals surface area contributed by atoms with Gasteiger partial charge in [0.15, 0.2) is 0 Å². The molecule has 0 atom stereocenters. The maximum Gasteiger partial charge on any atom is 0.147 e. The van der Waals surface area contributed by atoms with E-state index in [9.17, 15) is 0 Å². The zero-order chi connectivity index (χ0) is 18.8. The molecule has 2 aliphatic rings. The molecule has 0 amide bonds. The first-order valence-corrected chi connectivity index (χ1v) is 10.4. The standard InChI is InChI=1S/C22H25Cl2N3/c1-16(27(15-17-4-5-17)20-8-6-19(23)7-9-20)18-10-13-26(14-11-18)22-21(24)3-2-12-25-22/h2-3,6-9,12,17-18H,1,4-5,10-11,13-15H2. The Morgan fingerprint density at radius 3 is 2.41 bits per heavy atom. The molecule has 1 aromatic carbocycles. The average molecular weight is 402 g/mol. The molecule has 0 unspecified atom stereocenters. The van der Waals surface area contributed by atoms with Crippen LogP contribution in [0, 0.1) is 11.8 Å². The van der Waals surface area contributed by atoms with Gasteiger partial charge in [0, 0.05) is 48.2 Å². The van der Waals surface area contributed by atoms with Crippen LogP contribution < -0.4 is 9.80 Å². The molecule has 2 fully saturated rings. The van der Waals surface area contributed by atoms with Crippen LogP contribution >= 0.6 is 23.2 Å². The fraction of sp³-hybridized carbons (Fsp3) is 0.409. The molecule has 1 aliphatic heterocycles. The predicted octanol–water partition coefficient (Wildman–Crippen LogP) is 6.04. The number of rotatable bonds is 6. The van der Waals surface area contributed by atoms with Gasteiger partial charge in [-0.15, -0.1) is 0 Å². The van der Waals surface area contributed by atoms with Gasteiger partial charge in [-0.05, 0) is 68.0 Å². The summed E-state index contributed by atoms with van der Waals surface area (Å²) in [6, 6.07) is 11.9. The summed E-state index contributed by atoms with van der Waals surface area (Å²) in [5, 5.41) is 1.50. The molecule has 2 aromatic rings. The van der Waals surface area contributed by atoms with E-state index in [1.165, 1.54) is 24.2 Å². The van der Waals surface area contributed by atoms with E-state index in [1.807, 2.05) is 30.5 Å². The Morgan fingerprint density at radius 2 is 1.78 bits per heavy atom. The van der Waals surface area contributed by atoms with Crippen molar-refractivity contribution < 1.29 is 0 Å². The second-order valence-corrected chi connectivity index (χ2v) is 8.44. The maximum atomic E-state index is 6.32. The number of nitrogens with zero attached hydrogens (tertiary/aromatic N) is 3. The number of anilines is 2. The number of aromatic nitrogens is 1. The topological polar surface area (TPSA) is 19.4 Å². The van der Waals surface area contributed by atoms with E-state index in [0.717, 1.165) is 54.3 Å². The second kappa shape index (κ2) is 8.12. The van der Waals surface area contributed by atoms with Crippen LogP contribution in [0.15, 0.2) is 54.9 Å². The highest BCUT2D eigenvalue weighted by Crippen LogP contribution is 2.37. The van der Waals surface area contributed by atoms with Crippen molar-refractivity contribution in [3.8, 4) is 0 Å². The van der Waals surface area contributed by atoms with Crippen LogP contribution in [0.25, 0.3) is 0 Å². The molecule has 27 heavy (non-hydrogen) atoms. The van der Waals surface area contributed by atoms with Crippen molar-refractivity contribution in [2.24, 2.45) is 11.8 Å². The lowest BCUT2D eigenvalue weighted by molar-refractivity contribution is 0.445. The molecular weight excluding hydrogens is 377 g/mol. The minimum Gasteiger partial charge on any atom is -0.355 e. The first-order chi connectivity index (χ1) is 13.1. The SMILES string of the molecule is C=C(C1CCN(c2ncccc2Cl)CC1)N(CC1CC1)c1ccc(Cl)cc1. The first-order valence-electron chi connectivity index (χ1n) is 9.69. The van der Waals surface area contributed by atoms with Crippen LogP contribution in [-0.2, 0) is 0 Å². The highest BCUT2D eigenvalue weighted by molar-refractivity contribution is 6.32. The van der Waals surface area contributed by atoms with Gasteiger partial charge in [0.1, 0.15) is 5.82 Å². The molecule has 0 radical (unpaired) electrons. The lowest BCUT2D eigenvalue weighted by Gasteiger charge is -2.38. The van der Waals surface area contributed by atoms with Crippen molar-refractivity contribution in [2.45, 2.75) is 25.7 Å². The van der Waals surface area contributed by atoms with Crippen LogP contribution in [0.2, 0.25) is 10.0 Å². The Hall–Kier alpha value is -1.71. The van der Waals surface area contributed by atoms with Crippen LogP contribution in [0.4, 0.5) is 11.5 Å². The van der Waals surface area contributed by atoms with E-state index < -0.39 is 0 Å². The van der Waals surface area contributed by atoms with Crippen LogP contribution in [0.5, 0.6) is 0 Å². The van der Waals surface area contributed by atoms with E-state index in [4.69, 9.17) is 23.2 Å². The third-order valence-corrected chi connectivity index (χ3v) is 6.17. The Bertz CT molecular complexity index is 793. The maximum absolute atomic E-state index is 6.32. The Kier molecular flexibility index (Phi) is 5.60. The van der Waals surface area contributed by atoms with Crippen molar-refractivity contribution in [2.75, 3.05) is 29.4 Å². The van der Waals surface area contributed by atoms with Gasteiger partial charge in [-0.3, -0.25) is 0 Å². The molecule has 0 bridgehead atoms. The summed E-state index contributed by atoms with van der Waals surface area (Å²) in [5.41, 5.74) is 2.43. The number of hydrogen-bond acceptors (Lipinski definition) is 3. The summed E-state index contributed by atoms with van der Waals surface area (Å²) in [7, 11) is 0. The number of hydrogen-bond donors (Lipinski definition) is 0. The van der Waals surface area contributed by atoms with Crippen LogP contribution in [-0.4, -0.2) is 24.6 Å². The van der Waals surface area contributed by atoms with E-state index >= 15 is 0 Å². The lowest BCUT2D eigenvalue weighted by Crippen LogP contribution is -2.38. The quantitative estimate of drug-likeness (QED) is 0.588. The van der Waals surface area contributed by atoms with E-state index in [2.05, 4.69) is 33.5 Å². The van der Waals surface area contributed by atoms with Gasteiger partial charge in [0.25, 0.3) is 0 Å². The molecule has 0 N–H and O–H groups in total. The minimum atomic E-state index is 0.484. The monoisotopic (exact) mass is 401 g/mol. The fourth-order valence-electron chi connectivity index (χ4n) is 3.82. The van der Waals surface area contributed by atoms with Crippen molar-refractivity contribution >= 4 is 34.7 Å². The molecule has 3 nitrogen and oxygen atoms in total. The molecule has 1 aromatic heterocycles. The van der Waals surface area contributed by atoms with E-state index in [0.29, 0.717) is 5.92 Å². The molecule has 142 valence electrons. The molecule has 1 saturated carbocycles. The van der Waals surface area contributed by atoms with Gasteiger partial charge in [0.05, 0.1) is 5.02 Å². The summed E-state index contributed by atoms with van der Waals surface area (Å²) in [4.78, 5) is 9.17. The predicted molar refractivity (Wildman–Crippen MR) is 115 cm³/mol. The molecule has 1 saturated heterocycles. The summed E-state index contributed by atoms with van der Waals surface area (Å²) < 4.78 is 0. The normalized spacial score (nSPS) is 17.8. The van der Waals surface area contributed by atoms with Gasteiger partial charge in [-0.1, -0.05) is 29.8 Å². The van der Waals surface area contributed by atoms with E-state index in [1.54, 1.807) is 0 Å². The average Bonchev–Trinajstić information content (AvgIpc) is 3.51. The lowest BCUT2D eigenvalue weighted by atomic mass is 9.92. The van der Waals surface area contributed by atoms with Crippen molar-refractivity contribution in [1.82, 2.24) is 4.98 Å². The number of halogens is 2. The van der Waals surface area contributed by atoms with Crippen molar-refractivity contribution in [3.63, 3.8) is 0 Å². The summed E-state index contributed by atoms with van der Waals surface area (Å²) in [6.07, 6.45) is 6.60. The minimum absolute atomic E-state index is 0.484. The molecule has 0 spiro atoms. The van der Waals surface area contributed by atoms with E-state index in [-0.39, 0.29) is 0 Å². The fourth-order valence-corrected chi connectivity index (χ4v) is 4.19. The zero-order valence-electron chi connectivity index (χ0n) is 15.5.